The summed E-state index contributed by atoms with van der Waals surface area (Å²) in [5.41, 5.74) is -1.63. The standard InChI is InChI=1S/C18H28O5/c1-6-22-16(21)14-10-18(11(2)3)15(20)9-13(8-7-12(4)19)17(14,5)23-18/h11,13-14H,6-10H2,1-5H3/t13-,14+,17+,18-/m1/s1. The average Bonchev–Trinajstić information content (AvgIpc) is 2.75. The summed E-state index contributed by atoms with van der Waals surface area (Å²) in [6.45, 7) is 9.47. The molecule has 2 fully saturated rings. The van der Waals surface area contributed by atoms with Crippen LogP contribution in [0.1, 0.15) is 60.3 Å². The van der Waals surface area contributed by atoms with E-state index in [2.05, 4.69) is 0 Å². The van der Waals surface area contributed by atoms with Crippen molar-refractivity contribution >= 4 is 17.5 Å². The number of esters is 1. The van der Waals surface area contributed by atoms with Crippen molar-refractivity contribution in [2.24, 2.45) is 17.8 Å². The van der Waals surface area contributed by atoms with Gasteiger partial charge in [-0.1, -0.05) is 13.8 Å². The van der Waals surface area contributed by atoms with Gasteiger partial charge in [0.05, 0.1) is 18.1 Å². The second-order valence-electron chi connectivity index (χ2n) is 7.40. The lowest BCUT2D eigenvalue weighted by atomic mass is 9.75. The fourth-order valence-electron chi connectivity index (χ4n) is 4.15. The van der Waals surface area contributed by atoms with Crippen molar-refractivity contribution in [2.45, 2.75) is 71.5 Å². The summed E-state index contributed by atoms with van der Waals surface area (Å²) in [5.74, 6) is -0.712. The maximum absolute atomic E-state index is 12.8. The molecule has 5 heteroatoms. The highest BCUT2D eigenvalue weighted by Crippen LogP contribution is 2.56. The molecule has 0 unspecified atom stereocenters. The molecule has 23 heavy (non-hydrogen) atoms. The summed E-state index contributed by atoms with van der Waals surface area (Å²) in [5, 5.41) is 0. The van der Waals surface area contributed by atoms with Gasteiger partial charge in [-0.25, -0.2) is 0 Å². The van der Waals surface area contributed by atoms with Crippen molar-refractivity contribution < 1.29 is 23.9 Å². The molecule has 0 aromatic heterocycles. The van der Waals surface area contributed by atoms with Gasteiger partial charge >= 0.3 is 5.97 Å². The Labute approximate surface area is 138 Å². The molecule has 5 nitrogen and oxygen atoms in total. The molecule has 2 rings (SSSR count). The zero-order valence-electron chi connectivity index (χ0n) is 14.8. The first-order valence-corrected chi connectivity index (χ1v) is 8.57. The number of rotatable bonds is 6. The van der Waals surface area contributed by atoms with Crippen LogP contribution in [-0.2, 0) is 23.9 Å². The predicted molar refractivity (Wildman–Crippen MR) is 84.8 cm³/mol. The molecule has 0 aromatic rings. The summed E-state index contributed by atoms with van der Waals surface area (Å²) in [6, 6.07) is 0. The summed E-state index contributed by atoms with van der Waals surface area (Å²) in [4.78, 5) is 36.6. The van der Waals surface area contributed by atoms with Gasteiger partial charge in [-0.3, -0.25) is 9.59 Å². The zero-order chi connectivity index (χ0) is 17.4. The number of ketones is 2. The van der Waals surface area contributed by atoms with Crippen LogP contribution in [0.5, 0.6) is 0 Å². The fraction of sp³-hybridized carbons (Fsp3) is 0.833. The molecule has 0 aliphatic carbocycles. The van der Waals surface area contributed by atoms with Gasteiger partial charge in [0.1, 0.15) is 11.4 Å². The molecule has 2 aliphatic heterocycles. The number of carbonyl (C=O) groups is 3. The van der Waals surface area contributed by atoms with Gasteiger partial charge in [0.2, 0.25) is 0 Å². The molecule has 0 saturated carbocycles. The van der Waals surface area contributed by atoms with Crippen molar-refractivity contribution in [1.29, 1.82) is 0 Å². The average molecular weight is 324 g/mol. The monoisotopic (exact) mass is 324 g/mol. The van der Waals surface area contributed by atoms with Crippen LogP contribution in [0.25, 0.3) is 0 Å². The Bertz CT molecular complexity index is 512. The van der Waals surface area contributed by atoms with E-state index in [0.717, 1.165) is 0 Å². The third kappa shape index (κ3) is 2.95. The highest BCUT2D eigenvalue weighted by Gasteiger charge is 2.66. The van der Waals surface area contributed by atoms with Gasteiger partial charge < -0.3 is 14.3 Å². The lowest BCUT2D eigenvalue weighted by Crippen LogP contribution is -2.54. The van der Waals surface area contributed by atoms with Crippen molar-refractivity contribution in [1.82, 2.24) is 0 Å². The predicted octanol–water partition coefficient (Wildman–Crippen LogP) is 2.70. The Kier molecular flexibility index (Phi) is 5.00. The summed E-state index contributed by atoms with van der Waals surface area (Å²) >= 11 is 0. The number of carbonyl (C=O) groups excluding carboxylic acids is 3. The van der Waals surface area contributed by atoms with E-state index in [1.54, 1.807) is 13.8 Å². The van der Waals surface area contributed by atoms with Crippen molar-refractivity contribution in [3.8, 4) is 0 Å². The van der Waals surface area contributed by atoms with E-state index in [1.807, 2.05) is 20.8 Å². The summed E-state index contributed by atoms with van der Waals surface area (Å²) < 4.78 is 11.5. The normalized spacial score (nSPS) is 36.3. The van der Waals surface area contributed by atoms with Gasteiger partial charge in [0, 0.05) is 12.8 Å². The van der Waals surface area contributed by atoms with Crippen LogP contribution < -0.4 is 0 Å². The topological polar surface area (TPSA) is 69.7 Å². The molecular weight excluding hydrogens is 296 g/mol. The van der Waals surface area contributed by atoms with Crippen LogP contribution in [0, 0.1) is 17.8 Å². The molecule has 2 saturated heterocycles. The van der Waals surface area contributed by atoms with E-state index in [1.165, 1.54) is 0 Å². The molecule has 2 bridgehead atoms. The smallest absolute Gasteiger partial charge is 0.311 e. The Hall–Kier alpha value is -1.23. The number of fused-ring (bicyclic) bond motifs is 2. The summed E-state index contributed by atoms with van der Waals surface area (Å²) in [7, 11) is 0. The molecule has 130 valence electrons. The Morgan fingerprint density at radius 1 is 1.39 bits per heavy atom. The minimum atomic E-state index is -0.890. The van der Waals surface area contributed by atoms with Crippen LogP contribution in [0.2, 0.25) is 0 Å². The highest BCUT2D eigenvalue weighted by molar-refractivity contribution is 5.91. The maximum Gasteiger partial charge on any atom is 0.311 e. The lowest BCUT2D eigenvalue weighted by molar-refractivity contribution is -0.195. The van der Waals surface area contributed by atoms with Gasteiger partial charge in [0.25, 0.3) is 0 Å². The van der Waals surface area contributed by atoms with E-state index in [9.17, 15) is 14.4 Å². The number of hydrogen-bond acceptors (Lipinski definition) is 5. The van der Waals surface area contributed by atoms with Crippen LogP contribution in [-0.4, -0.2) is 35.3 Å². The van der Waals surface area contributed by atoms with Gasteiger partial charge in [-0.05, 0) is 45.4 Å². The molecule has 2 heterocycles. The SMILES string of the molecule is CCOC(=O)[C@@H]1C[C@]2(C(C)C)O[C@@]1(C)[C@H](CCC(C)=O)CC2=O. The van der Waals surface area contributed by atoms with Crippen LogP contribution in [0.4, 0.5) is 0 Å². The molecule has 0 spiro atoms. The van der Waals surface area contributed by atoms with E-state index in [0.29, 0.717) is 32.3 Å². The number of ether oxygens (including phenoxy) is 2. The fourth-order valence-corrected chi connectivity index (χ4v) is 4.15. The van der Waals surface area contributed by atoms with Gasteiger partial charge in [-0.15, -0.1) is 0 Å². The van der Waals surface area contributed by atoms with E-state index in [4.69, 9.17) is 9.47 Å². The quantitative estimate of drug-likeness (QED) is 0.703. The van der Waals surface area contributed by atoms with Crippen molar-refractivity contribution in [3.05, 3.63) is 0 Å². The van der Waals surface area contributed by atoms with Gasteiger partial charge in [0.15, 0.2) is 5.78 Å². The number of hydrogen-bond donors (Lipinski definition) is 0. The Morgan fingerprint density at radius 2 is 2.04 bits per heavy atom. The zero-order valence-corrected chi connectivity index (χ0v) is 14.8. The highest BCUT2D eigenvalue weighted by atomic mass is 16.6. The van der Waals surface area contributed by atoms with E-state index in [-0.39, 0.29) is 29.4 Å². The van der Waals surface area contributed by atoms with Crippen molar-refractivity contribution in [2.75, 3.05) is 6.61 Å². The Morgan fingerprint density at radius 3 is 2.57 bits per heavy atom. The first kappa shape index (κ1) is 18.1. The molecular formula is C18H28O5. The maximum atomic E-state index is 12.8. The Balaban J connectivity index is 2.36. The van der Waals surface area contributed by atoms with E-state index < -0.39 is 17.1 Å². The lowest BCUT2D eigenvalue weighted by Gasteiger charge is -2.45. The van der Waals surface area contributed by atoms with Gasteiger partial charge in [-0.2, -0.15) is 0 Å². The minimum absolute atomic E-state index is 0.00232. The van der Waals surface area contributed by atoms with Crippen LogP contribution >= 0.6 is 0 Å². The largest absolute Gasteiger partial charge is 0.466 e. The molecule has 0 N–H and O–H groups in total. The van der Waals surface area contributed by atoms with Crippen LogP contribution in [0.15, 0.2) is 0 Å². The minimum Gasteiger partial charge on any atom is -0.466 e. The second kappa shape index (κ2) is 6.34. The first-order chi connectivity index (χ1) is 10.7. The van der Waals surface area contributed by atoms with Crippen molar-refractivity contribution in [3.63, 3.8) is 0 Å². The number of Topliss-reactive ketones (excluding diaryl/α,β-unsaturated/α-hetero) is 2. The summed E-state index contributed by atoms with van der Waals surface area (Å²) in [6.07, 6.45) is 1.73. The second-order valence-corrected chi connectivity index (χ2v) is 7.40. The third-order valence-electron chi connectivity index (χ3n) is 5.66. The molecule has 0 radical (unpaired) electrons. The van der Waals surface area contributed by atoms with Crippen LogP contribution in [0.3, 0.4) is 0 Å². The molecule has 4 atom stereocenters. The first-order valence-electron chi connectivity index (χ1n) is 8.57. The molecule has 0 amide bonds. The molecule has 0 aromatic carbocycles. The van der Waals surface area contributed by atoms with E-state index >= 15 is 0 Å². The third-order valence-corrected chi connectivity index (χ3v) is 5.66. The molecule has 2 aliphatic rings.